The lowest BCUT2D eigenvalue weighted by Crippen LogP contribution is -2.47. The van der Waals surface area contributed by atoms with E-state index in [4.69, 9.17) is 9.47 Å². The van der Waals surface area contributed by atoms with E-state index in [1.165, 1.54) is 24.3 Å². The van der Waals surface area contributed by atoms with Crippen LogP contribution in [-0.4, -0.2) is 85.9 Å². The summed E-state index contributed by atoms with van der Waals surface area (Å²) in [6, 6.07) is 17.0. The summed E-state index contributed by atoms with van der Waals surface area (Å²) >= 11 is 0. The van der Waals surface area contributed by atoms with Gasteiger partial charge in [-0.3, -0.25) is 14.7 Å². The average molecular weight is 550 g/mol. The smallest absolute Gasteiger partial charge is 0.162 e. The summed E-state index contributed by atoms with van der Waals surface area (Å²) in [5.74, 6) is 0.140. The Bertz CT molecular complexity index is 1220. The number of piperazine rings is 1. The van der Waals surface area contributed by atoms with Gasteiger partial charge in [-0.15, -0.1) is 0 Å². The SMILES string of the molecule is COc1cc(C=CCN2CCN(C(c3ccc(F)cc3)c3ccc(F)cc3)CC2)cc(CN2CCOCC2)c1O. The maximum absolute atomic E-state index is 13.6. The van der Waals surface area contributed by atoms with Crippen molar-refractivity contribution >= 4 is 6.08 Å². The van der Waals surface area contributed by atoms with Crippen LogP contribution in [0.1, 0.15) is 28.3 Å². The molecule has 2 fully saturated rings. The van der Waals surface area contributed by atoms with Crippen LogP contribution in [0.25, 0.3) is 6.08 Å². The second kappa shape index (κ2) is 13.4. The number of hydrogen-bond donors (Lipinski definition) is 1. The number of phenols is 1. The van der Waals surface area contributed by atoms with Crippen molar-refractivity contribution in [3.05, 3.63) is 101 Å². The van der Waals surface area contributed by atoms with Crippen molar-refractivity contribution in [1.82, 2.24) is 14.7 Å². The minimum Gasteiger partial charge on any atom is -0.504 e. The fraction of sp³-hybridized carbons (Fsp3) is 0.375. The molecule has 0 atom stereocenters. The maximum Gasteiger partial charge on any atom is 0.162 e. The Morgan fingerprint density at radius 3 is 2.02 bits per heavy atom. The monoisotopic (exact) mass is 549 g/mol. The number of morpholine rings is 1. The van der Waals surface area contributed by atoms with Gasteiger partial charge in [-0.2, -0.15) is 0 Å². The predicted molar refractivity (Wildman–Crippen MR) is 152 cm³/mol. The van der Waals surface area contributed by atoms with Gasteiger partial charge in [0, 0.05) is 57.9 Å². The molecule has 2 saturated heterocycles. The lowest BCUT2D eigenvalue weighted by molar-refractivity contribution is 0.0338. The number of rotatable bonds is 9. The number of phenolic OH excluding ortho intramolecular Hbond substituents is 1. The van der Waals surface area contributed by atoms with E-state index in [9.17, 15) is 13.9 Å². The molecule has 0 radical (unpaired) electrons. The molecule has 40 heavy (non-hydrogen) atoms. The van der Waals surface area contributed by atoms with Crippen molar-refractivity contribution in [3.8, 4) is 11.5 Å². The topological polar surface area (TPSA) is 48.4 Å². The first-order chi connectivity index (χ1) is 19.5. The van der Waals surface area contributed by atoms with Gasteiger partial charge in [-0.05, 0) is 53.1 Å². The fourth-order valence-corrected chi connectivity index (χ4v) is 5.51. The van der Waals surface area contributed by atoms with E-state index in [0.29, 0.717) is 25.5 Å². The summed E-state index contributed by atoms with van der Waals surface area (Å²) in [5, 5.41) is 10.7. The molecule has 6 nitrogen and oxygen atoms in total. The van der Waals surface area contributed by atoms with Crippen LogP contribution in [0.15, 0.2) is 66.7 Å². The molecule has 212 valence electrons. The molecule has 0 amide bonds. The minimum absolute atomic E-state index is 0.0618. The van der Waals surface area contributed by atoms with Gasteiger partial charge in [0.05, 0.1) is 26.4 Å². The first kappa shape index (κ1) is 28.2. The second-order valence-corrected chi connectivity index (χ2v) is 10.4. The molecule has 8 heteroatoms. The highest BCUT2D eigenvalue weighted by Crippen LogP contribution is 2.33. The number of benzene rings is 3. The number of methoxy groups -OCH3 is 1. The minimum atomic E-state index is -0.266. The summed E-state index contributed by atoms with van der Waals surface area (Å²) in [7, 11) is 1.58. The van der Waals surface area contributed by atoms with Crippen molar-refractivity contribution in [2.75, 3.05) is 66.1 Å². The predicted octanol–water partition coefficient (Wildman–Crippen LogP) is 4.93. The third-order valence-electron chi connectivity index (χ3n) is 7.71. The second-order valence-electron chi connectivity index (χ2n) is 10.4. The fourth-order valence-electron chi connectivity index (χ4n) is 5.51. The zero-order chi connectivity index (χ0) is 27.9. The molecule has 3 aromatic rings. The lowest BCUT2D eigenvalue weighted by atomic mass is 9.96. The normalized spacial score (nSPS) is 17.6. The van der Waals surface area contributed by atoms with Crippen LogP contribution in [0.2, 0.25) is 0 Å². The Morgan fingerprint density at radius 1 is 0.850 bits per heavy atom. The van der Waals surface area contributed by atoms with Crippen LogP contribution < -0.4 is 4.74 Å². The van der Waals surface area contributed by atoms with Crippen LogP contribution in [0.5, 0.6) is 11.5 Å². The number of halogens is 2. The summed E-state index contributed by atoms with van der Waals surface area (Å²) in [5.41, 5.74) is 3.83. The number of nitrogens with zero attached hydrogens (tertiary/aromatic N) is 3. The van der Waals surface area contributed by atoms with E-state index in [1.54, 1.807) is 7.11 Å². The van der Waals surface area contributed by atoms with E-state index >= 15 is 0 Å². The van der Waals surface area contributed by atoms with Gasteiger partial charge in [0.1, 0.15) is 11.6 Å². The Hall–Kier alpha value is -3.30. The summed E-state index contributed by atoms with van der Waals surface area (Å²) in [4.78, 5) is 7.05. The van der Waals surface area contributed by atoms with Gasteiger partial charge in [0.15, 0.2) is 11.5 Å². The van der Waals surface area contributed by atoms with E-state index in [1.807, 2.05) is 36.4 Å². The highest BCUT2D eigenvalue weighted by atomic mass is 19.1. The molecule has 0 aromatic heterocycles. The van der Waals surface area contributed by atoms with Gasteiger partial charge >= 0.3 is 0 Å². The zero-order valence-electron chi connectivity index (χ0n) is 22.9. The van der Waals surface area contributed by atoms with E-state index in [-0.39, 0.29) is 23.4 Å². The third-order valence-corrected chi connectivity index (χ3v) is 7.71. The first-order valence-electron chi connectivity index (χ1n) is 13.8. The van der Waals surface area contributed by atoms with Gasteiger partial charge in [-0.25, -0.2) is 8.78 Å². The molecule has 0 bridgehead atoms. The summed E-state index contributed by atoms with van der Waals surface area (Å²) in [6.45, 7) is 7.99. The van der Waals surface area contributed by atoms with Crippen LogP contribution in [-0.2, 0) is 11.3 Å². The van der Waals surface area contributed by atoms with Gasteiger partial charge in [0.2, 0.25) is 0 Å². The summed E-state index contributed by atoms with van der Waals surface area (Å²) < 4.78 is 38.1. The van der Waals surface area contributed by atoms with Gasteiger partial charge < -0.3 is 14.6 Å². The Morgan fingerprint density at radius 2 is 1.45 bits per heavy atom. The van der Waals surface area contributed by atoms with Gasteiger partial charge in [0.25, 0.3) is 0 Å². The van der Waals surface area contributed by atoms with Crippen LogP contribution >= 0.6 is 0 Å². The molecule has 1 N–H and O–H groups in total. The molecular formula is C32H37F2N3O3. The quantitative estimate of drug-likeness (QED) is 0.409. The average Bonchev–Trinajstić information content (AvgIpc) is 2.98. The maximum atomic E-state index is 13.6. The van der Waals surface area contributed by atoms with Crippen LogP contribution in [0, 0.1) is 11.6 Å². The molecule has 0 spiro atoms. The number of hydrogen-bond acceptors (Lipinski definition) is 6. The summed E-state index contributed by atoms with van der Waals surface area (Å²) in [6.07, 6.45) is 4.23. The van der Waals surface area contributed by atoms with Crippen LogP contribution in [0.4, 0.5) is 8.78 Å². The molecular weight excluding hydrogens is 512 g/mol. The van der Waals surface area contributed by atoms with Crippen molar-refractivity contribution in [2.45, 2.75) is 12.6 Å². The molecule has 3 aromatic carbocycles. The highest BCUT2D eigenvalue weighted by molar-refractivity contribution is 5.59. The Kier molecular flexibility index (Phi) is 9.44. The first-order valence-corrected chi connectivity index (χ1v) is 13.8. The molecule has 0 aliphatic carbocycles. The van der Waals surface area contributed by atoms with E-state index < -0.39 is 0 Å². The lowest BCUT2D eigenvalue weighted by Gasteiger charge is -2.39. The molecule has 0 saturated carbocycles. The Balaban J connectivity index is 1.22. The van der Waals surface area contributed by atoms with Crippen LogP contribution in [0.3, 0.4) is 0 Å². The Labute approximate surface area is 235 Å². The van der Waals surface area contributed by atoms with Gasteiger partial charge in [-0.1, -0.05) is 36.4 Å². The molecule has 2 aliphatic rings. The molecule has 2 aliphatic heterocycles. The van der Waals surface area contributed by atoms with Crippen molar-refractivity contribution < 1.29 is 23.4 Å². The number of aromatic hydroxyl groups is 1. The number of ether oxygens (including phenoxy) is 2. The molecule has 2 heterocycles. The molecule has 5 rings (SSSR count). The zero-order valence-corrected chi connectivity index (χ0v) is 22.9. The van der Waals surface area contributed by atoms with E-state index in [2.05, 4.69) is 26.9 Å². The third kappa shape index (κ3) is 7.06. The van der Waals surface area contributed by atoms with Crippen molar-refractivity contribution in [3.63, 3.8) is 0 Å². The highest BCUT2D eigenvalue weighted by Gasteiger charge is 2.26. The largest absolute Gasteiger partial charge is 0.504 e. The van der Waals surface area contributed by atoms with Crippen molar-refractivity contribution in [2.24, 2.45) is 0 Å². The standard InChI is InChI=1S/C32H37F2N3O3/c1-39-30-22-24(21-27(32(30)38)23-36-17-19-40-20-18-36)3-2-12-35-13-15-37(16-14-35)31(25-4-8-28(33)9-5-25)26-6-10-29(34)11-7-26/h2-11,21-22,31,38H,12-20,23H2,1H3. The van der Waals surface area contributed by atoms with Crippen molar-refractivity contribution in [1.29, 1.82) is 0 Å². The molecule has 0 unspecified atom stereocenters. The van der Waals surface area contributed by atoms with E-state index in [0.717, 1.165) is 68.1 Å².